The zero-order valence-corrected chi connectivity index (χ0v) is 11.8. The van der Waals surface area contributed by atoms with Gasteiger partial charge in [-0.2, -0.15) is 0 Å². The van der Waals surface area contributed by atoms with E-state index in [2.05, 4.69) is 35.8 Å². The van der Waals surface area contributed by atoms with Gasteiger partial charge in [0, 0.05) is 18.2 Å². The molecule has 0 aliphatic heterocycles. The molecule has 2 nitrogen and oxygen atoms in total. The van der Waals surface area contributed by atoms with Crippen molar-refractivity contribution in [3.05, 3.63) is 34.7 Å². The van der Waals surface area contributed by atoms with Crippen molar-refractivity contribution in [2.75, 3.05) is 6.54 Å². The molecule has 2 aromatic rings. The van der Waals surface area contributed by atoms with Crippen molar-refractivity contribution in [2.24, 2.45) is 0 Å². The second kappa shape index (κ2) is 6.01. The van der Waals surface area contributed by atoms with Crippen molar-refractivity contribution in [3.63, 3.8) is 0 Å². The fourth-order valence-corrected chi connectivity index (χ4v) is 3.06. The van der Waals surface area contributed by atoms with E-state index in [1.165, 1.54) is 21.2 Å². The summed E-state index contributed by atoms with van der Waals surface area (Å²) >= 11 is 1.81. The highest BCUT2D eigenvalue weighted by Gasteiger charge is 2.04. The number of hydrogen-bond acceptors (Lipinski definition) is 2. The zero-order chi connectivity index (χ0) is 13.0. The topological polar surface area (TPSA) is 29.1 Å². The first-order valence-corrected chi connectivity index (χ1v) is 7.32. The summed E-state index contributed by atoms with van der Waals surface area (Å²) in [6, 6.07) is 6.73. The molecule has 0 atom stereocenters. The van der Waals surface area contributed by atoms with Gasteiger partial charge in [0.2, 0.25) is 5.91 Å². The van der Waals surface area contributed by atoms with Gasteiger partial charge in [-0.25, -0.2) is 0 Å². The number of aryl methyl sites for hydroxylation is 2. The molecule has 0 fully saturated rings. The van der Waals surface area contributed by atoms with Crippen LogP contribution in [-0.4, -0.2) is 12.5 Å². The summed E-state index contributed by atoms with van der Waals surface area (Å²) in [5.74, 6) is 0.0541. The molecule has 2 rings (SSSR count). The predicted octanol–water partition coefficient (Wildman–Crippen LogP) is 3.53. The van der Waals surface area contributed by atoms with Gasteiger partial charge in [-0.15, -0.1) is 11.3 Å². The van der Waals surface area contributed by atoms with Gasteiger partial charge in [0.1, 0.15) is 0 Å². The van der Waals surface area contributed by atoms with E-state index in [4.69, 9.17) is 0 Å². The van der Waals surface area contributed by atoms with E-state index in [0.717, 1.165) is 25.8 Å². The lowest BCUT2D eigenvalue weighted by Crippen LogP contribution is -2.21. The number of rotatable bonds is 5. The minimum Gasteiger partial charge on any atom is -0.356 e. The van der Waals surface area contributed by atoms with Crippen molar-refractivity contribution in [2.45, 2.75) is 33.1 Å². The highest BCUT2D eigenvalue weighted by molar-refractivity contribution is 7.17. The molecule has 0 aliphatic carbocycles. The van der Waals surface area contributed by atoms with E-state index in [0.29, 0.717) is 0 Å². The maximum Gasteiger partial charge on any atom is 0.216 e. The summed E-state index contributed by atoms with van der Waals surface area (Å²) in [6.07, 6.45) is 3.12. The number of benzene rings is 1. The Balaban J connectivity index is 2.06. The summed E-state index contributed by atoms with van der Waals surface area (Å²) in [5.41, 5.74) is 2.81. The minimum absolute atomic E-state index is 0.0541. The lowest BCUT2D eigenvalue weighted by atomic mass is 10.0. The van der Waals surface area contributed by atoms with Gasteiger partial charge in [0.05, 0.1) is 0 Å². The van der Waals surface area contributed by atoms with E-state index in [1.54, 1.807) is 6.92 Å². The SMILES string of the molecule is CCc1ccc2scc(CCCNC(C)=O)c2c1. The van der Waals surface area contributed by atoms with E-state index >= 15 is 0 Å². The highest BCUT2D eigenvalue weighted by atomic mass is 32.1. The van der Waals surface area contributed by atoms with Crippen LogP contribution in [0.15, 0.2) is 23.6 Å². The quantitative estimate of drug-likeness (QED) is 0.820. The van der Waals surface area contributed by atoms with Crippen LogP contribution in [0.4, 0.5) is 0 Å². The smallest absolute Gasteiger partial charge is 0.216 e. The molecule has 0 spiro atoms. The van der Waals surface area contributed by atoms with E-state index in [9.17, 15) is 4.79 Å². The summed E-state index contributed by atoms with van der Waals surface area (Å²) in [7, 11) is 0. The van der Waals surface area contributed by atoms with Crippen molar-refractivity contribution in [1.82, 2.24) is 5.32 Å². The number of amides is 1. The molecular formula is C15H19NOS. The molecule has 1 N–H and O–H groups in total. The monoisotopic (exact) mass is 261 g/mol. The highest BCUT2D eigenvalue weighted by Crippen LogP contribution is 2.28. The van der Waals surface area contributed by atoms with Gasteiger partial charge >= 0.3 is 0 Å². The van der Waals surface area contributed by atoms with E-state index in [1.807, 2.05) is 11.3 Å². The molecule has 0 unspecified atom stereocenters. The molecule has 1 amide bonds. The predicted molar refractivity (Wildman–Crippen MR) is 78.2 cm³/mol. The molecule has 0 radical (unpaired) electrons. The Labute approximate surface area is 112 Å². The third-order valence-corrected chi connectivity index (χ3v) is 4.14. The van der Waals surface area contributed by atoms with Crippen molar-refractivity contribution < 1.29 is 4.79 Å². The van der Waals surface area contributed by atoms with Crippen LogP contribution >= 0.6 is 11.3 Å². The Bertz CT molecular complexity index is 544. The first-order valence-electron chi connectivity index (χ1n) is 6.44. The molecule has 18 heavy (non-hydrogen) atoms. The largest absolute Gasteiger partial charge is 0.356 e. The third-order valence-electron chi connectivity index (χ3n) is 3.12. The number of nitrogens with one attached hydrogen (secondary N) is 1. The molecule has 1 aromatic heterocycles. The minimum atomic E-state index is 0.0541. The van der Waals surface area contributed by atoms with Crippen molar-refractivity contribution in [1.29, 1.82) is 0 Å². The van der Waals surface area contributed by atoms with Gasteiger partial charge in [-0.3, -0.25) is 4.79 Å². The molecular weight excluding hydrogens is 242 g/mol. The second-order valence-corrected chi connectivity index (χ2v) is 5.44. The number of hydrogen-bond donors (Lipinski definition) is 1. The first kappa shape index (κ1) is 13.1. The Morgan fingerprint density at radius 2 is 2.22 bits per heavy atom. The number of carbonyl (C=O) groups excluding carboxylic acids is 1. The fraction of sp³-hybridized carbons (Fsp3) is 0.400. The average molecular weight is 261 g/mol. The van der Waals surface area contributed by atoms with Crippen molar-refractivity contribution >= 4 is 27.3 Å². The van der Waals surface area contributed by atoms with Gasteiger partial charge in [-0.05, 0) is 47.2 Å². The van der Waals surface area contributed by atoms with Crippen LogP contribution in [0.5, 0.6) is 0 Å². The molecule has 0 aliphatic rings. The third kappa shape index (κ3) is 3.10. The molecule has 1 aromatic carbocycles. The number of fused-ring (bicyclic) bond motifs is 1. The number of thiophene rings is 1. The molecule has 0 saturated heterocycles. The normalized spacial score (nSPS) is 10.8. The summed E-state index contributed by atoms with van der Waals surface area (Å²) < 4.78 is 1.36. The lowest BCUT2D eigenvalue weighted by molar-refractivity contribution is -0.118. The van der Waals surface area contributed by atoms with Crippen LogP contribution in [-0.2, 0) is 17.6 Å². The first-order chi connectivity index (χ1) is 8.70. The van der Waals surface area contributed by atoms with Crippen LogP contribution < -0.4 is 5.32 Å². The summed E-state index contributed by atoms with van der Waals surface area (Å²) in [5, 5.41) is 6.48. The average Bonchev–Trinajstić information content (AvgIpc) is 2.76. The van der Waals surface area contributed by atoms with Crippen LogP contribution in [0.25, 0.3) is 10.1 Å². The van der Waals surface area contributed by atoms with Gasteiger partial charge < -0.3 is 5.32 Å². The summed E-state index contributed by atoms with van der Waals surface area (Å²) in [4.78, 5) is 10.8. The zero-order valence-electron chi connectivity index (χ0n) is 11.0. The summed E-state index contributed by atoms with van der Waals surface area (Å²) in [6.45, 7) is 4.51. The van der Waals surface area contributed by atoms with Crippen LogP contribution in [0, 0.1) is 0 Å². The Morgan fingerprint density at radius 1 is 1.39 bits per heavy atom. The molecule has 0 saturated carbocycles. The lowest BCUT2D eigenvalue weighted by Gasteiger charge is -2.03. The Kier molecular flexibility index (Phi) is 4.37. The van der Waals surface area contributed by atoms with Gasteiger partial charge in [-0.1, -0.05) is 19.1 Å². The van der Waals surface area contributed by atoms with E-state index in [-0.39, 0.29) is 5.91 Å². The van der Waals surface area contributed by atoms with Crippen LogP contribution in [0.3, 0.4) is 0 Å². The van der Waals surface area contributed by atoms with Crippen LogP contribution in [0.1, 0.15) is 31.4 Å². The molecule has 3 heteroatoms. The Hall–Kier alpha value is -1.35. The second-order valence-electron chi connectivity index (χ2n) is 4.53. The molecule has 0 bridgehead atoms. The maximum atomic E-state index is 10.8. The van der Waals surface area contributed by atoms with E-state index < -0.39 is 0 Å². The molecule has 96 valence electrons. The van der Waals surface area contributed by atoms with Crippen molar-refractivity contribution in [3.8, 4) is 0 Å². The van der Waals surface area contributed by atoms with Gasteiger partial charge in [0.15, 0.2) is 0 Å². The van der Waals surface area contributed by atoms with Gasteiger partial charge in [0.25, 0.3) is 0 Å². The number of carbonyl (C=O) groups is 1. The van der Waals surface area contributed by atoms with Crippen LogP contribution in [0.2, 0.25) is 0 Å². The molecule has 1 heterocycles. The standard InChI is InChI=1S/C15H19NOS/c1-3-12-6-7-15-14(9-12)13(10-18-15)5-4-8-16-11(2)17/h6-7,9-10H,3-5,8H2,1-2H3,(H,16,17). The fourth-order valence-electron chi connectivity index (χ4n) is 2.09. The Morgan fingerprint density at radius 3 is 2.94 bits per heavy atom. The maximum absolute atomic E-state index is 10.8.